The lowest BCUT2D eigenvalue weighted by atomic mass is 10.1. The normalized spacial score (nSPS) is 12.5. The van der Waals surface area contributed by atoms with Crippen LogP contribution in [0.3, 0.4) is 0 Å². The minimum absolute atomic E-state index is 0.00828. The Labute approximate surface area is 108 Å². The Bertz CT molecular complexity index is 522. The van der Waals surface area contributed by atoms with E-state index < -0.39 is 0 Å². The highest BCUT2D eigenvalue weighted by atomic mass is 79.9. The van der Waals surface area contributed by atoms with Crippen molar-refractivity contribution >= 4 is 15.9 Å². The largest absolute Gasteiger partial charge is 0.438 e. The Balaban J connectivity index is 2.20. The zero-order valence-corrected chi connectivity index (χ0v) is 11.3. The van der Waals surface area contributed by atoms with Gasteiger partial charge in [0.25, 0.3) is 0 Å². The van der Waals surface area contributed by atoms with Gasteiger partial charge < -0.3 is 10.5 Å². The van der Waals surface area contributed by atoms with Gasteiger partial charge in [-0.2, -0.15) is 0 Å². The Morgan fingerprint density at radius 2 is 2.18 bits per heavy atom. The first-order chi connectivity index (χ1) is 8.06. The average Bonchev–Trinajstić information content (AvgIpc) is 2.63. The van der Waals surface area contributed by atoms with Crippen LogP contribution in [0.15, 0.2) is 28.7 Å². The van der Waals surface area contributed by atoms with Crippen molar-refractivity contribution in [3.05, 3.63) is 40.0 Å². The number of hydrogen-bond donors (Lipinski definition) is 2. The minimum atomic E-state index is -0.00828. The van der Waals surface area contributed by atoms with Gasteiger partial charge >= 0.3 is 0 Å². The number of nitrogens with two attached hydrogens (primary N) is 1. The summed E-state index contributed by atoms with van der Waals surface area (Å²) in [5, 5.41) is 6.84. The highest BCUT2D eigenvalue weighted by Crippen LogP contribution is 2.28. The number of ether oxygens (including phenoxy) is 1. The molecule has 0 aliphatic carbocycles. The van der Waals surface area contributed by atoms with E-state index in [1.54, 1.807) is 0 Å². The van der Waals surface area contributed by atoms with Crippen LogP contribution in [-0.2, 0) is 0 Å². The molecule has 0 saturated heterocycles. The highest BCUT2D eigenvalue weighted by Gasteiger charge is 2.07. The third-order valence-electron chi connectivity index (χ3n) is 2.37. The summed E-state index contributed by atoms with van der Waals surface area (Å²) in [5.74, 6) is 1.29. The second-order valence-electron chi connectivity index (χ2n) is 3.96. The smallest absolute Gasteiger partial charge is 0.238 e. The lowest BCUT2D eigenvalue weighted by Gasteiger charge is -2.10. The molecule has 5 heteroatoms. The molecule has 1 unspecified atom stereocenters. The van der Waals surface area contributed by atoms with Crippen molar-refractivity contribution in [2.24, 2.45) is 5.73 Å². The molecule has 2 aromatic rings. The van der Waals surface area contributed by atoms with E-state index in [4.69, 9.17) is 10.5 Å². The van der Waals surface area contributed by atoms with Crippen LogP contribution in [0.4, 0.5) is 0 Å². The molecule has 0 aliphatic heterocycles. The number of hydrogen-bond acceptors (Lipinski definition) is 3. The van der Waals surface area contributed by atoms with Gasteiger partial charge in [0.05, 0.1) is 0 Å². The highest BCUT2D eigenvalue weighted by molar-refractivity contribution is 9.10. The van der Waals surface area contributed by atoms with Crippen molar-refractivity contribution in [1.29, 1.82) is 0 Å². The fourth-order valence-electron chi connectivity index (χ4n) is 1.51. The molecule has 0 saturated carbocycles. The fourth-order valence-corrected chi connectivity index (χ4v) is 2.23. The van der Waals surface area contributed by atoms with E-state index in [1.807, 2.05) is 38.1 Å². The molecule has 4 nitrogen and oxygen atoms in total. The molecule has 0 aliphatic rings. The average molecular weight is 296 g/mol. The van der Waals surface area contributed by atoms with Gasteiger partial charge in [0.1, 0.15) is 5.75 Å². The summed E-state index contributed by atoms with van der Waals surface area (Å²) in [6.45, 7) is 3.87. The molecule has 2 rings (SSSR count). The molecule has 0 amide bonds. The topological polar surface area (TPSA) is 63.9 Å². The number of rotatable bonds is 3. The van der Waals surface area contributed by atoms with Crippen molar-refractivity contribution in [3.8, 4) is 11.6 Å². The summed E-state index contributed by atoms with van der Waals surface area (Å²) in [6.07, 6.45) is 0. The molecule has 1 aromatic heterocycles. The van der Waals surface area contributed by atoms with E-state index in [9.17, 15) is 0 Å². The number of benzene rings is 1. The predicted octanol–water partition coefficient (Wildman–Crippen LogP) is 3.29. The van der Waals surface area contributed by atoms with Crippen LogP contribution in [0.2, 0.25) is 0 Å². The number of aromatic amines is 1. The van der Waals surface area contributed by atoms with Gasteiger partial charge in [-0.15, -0.1) is 5.10 Å². The number of nitrogens with one attached hydrogen (secondary N) is 1. The SMILES string of the molecule is Cc1cc(Oc2ccc(C(C)N)c(Br)c2)n[nH]1. The Kier molecular flexibility index (Phi) is 3.49. The minimum Gasteiger partial charge on any atom is -0.438 e. The third-order valence-corrected chi connectivity index (χ3v) is 3.05. The number of halogens is 1. The fraction of sp³-hybridized carbons (Fsp3) is 0.250. The summed E-state index contributed by atoms with van der Waals surface area (Å²) in [7, 11) is 0. The lowest BCUT2D eigenvalue weighted by Crippen LogP contribution is -2.05. The first-order valence-electron chi connectivity index (χ1n) is 5.31. The summed E-state index contributed by atoms with van der Waals surface area (Å²) in [5.41, 5.74) is 7.85. The van der Waals surface area contributed by atoms with Gasteiger partial charge in [-0.05, 0) is 31.5 Å². The maximum absolute atomic E-state index is 5.83. The molecule has 1 aromatic carbocycles. The second kappa shape index (κ2) is 4.89. The van der Waals surface area contributed by atoms with Crippen LogP contribution in [0.25, 0.3) is 0 Å². The molecule has 1 atom stereocenters. The zero-order chi connectivity index (χ0) is 12.4. The van der Waals surface area contributed by atoms with E-state index in [-0.39, 0.29) is 6.04 Å². The molecule has 3 N–H and O–H groups in total. The molecule has 1 heterocycles. The van der Waals surface area contributed by atoms with Crippen LogP contribution in [-0.4, -0.2) is 10.2 Å². The van der Waals surface area contributed by atoms with Crippen molar-refractivity contribution in [3.63, 3.8) is 0 Å². The van der Waals surface area contributed by atoms with Crippen LogP contribution in [0, 0.1) is 6.92 Å². The van der Waals surface area contributed by atoms with Gasteiger partial charge in [-0.3, -0.25) is 5.10 Å². The van der Waals surface area contributed by atoms with Crippen molar-refractivity contribution in [2.45, 2.75) is 19.9 Å². The maximum atomic E-state index is 5.83. The molecule has 0 radical (unpaired) electrons. The van der Waals surface area contributed by atoms with Gasteiger partial charge in [0.2, 0.25) is 5.88 Å². The van der Waals surface area contributed by atoms with E-state index in [0.29, 0.717) is 5.88 Å². The van der Waals surface area contributed by atoms with Crippen LogP contribution in [0.5, 0.6) is 11.6 Å². The number of aryl methyl sites for hydroxylation is 1. The van der Waals surface area contributed by atoms with Crippen LogP contribution >= 0.6 is 15.9 Å². The Morgan fingerprint density at radius 1 is 1.41 bits per heavy atom. The third kappa shape index (κ3) is 2.87. The van der Waals surface area contributed by atoms with Gasteiger partial charge in [0.15, 0.2) is 0 Å². The Hall–Kier alpha value is -1.33. The van der Waals surface area contributed by atoms with Gasteiger partial charge in [0, 0.05) is 22.3 Å². The first-order valence-corrected chi connectivity index (χ1v) is 6.10. The maximum Gasteiger partial charge on any atom is 0.238 e. The van der Waals surface area contributed by atoms with Crippen molar-refractivity contribution in [2.75, 3.05) is 0 Å². The second-order valence-corrected chi connectivity index (χ2v) is 4.82. The van der Waals surface area contributed by atoms with Crippen LogP contribution < -0.4 is 10.5 Å². The molecule has 90 valence electrons. The summed E-state index contributed by atoms with van der Waals surface area (Å²) < 4.78 is 6.54. The van der Waals surface area contributed by atoms with E-state index >= 15 is 0 Å². The Morgan fingerprint density at radius 3 is 2.71 bits per heavy atom. The molecular weight excluding hydrogens is 282 g/mol. The number of nitrogens with zero attached hydrogens (tertiary/aromatic N) is 1. The zero-order valence-electron chi connectivity index (χ0n) is 9.70. The standard InChI is InChI=1S/C12H14BrN3O/c1-7-5-12(16-15-7)17-9-3-4-10(8(2)14)11(13)6-9/h3-6,8H,14H2,1-2H3,(H,15,16). The first kappa shape index (κ1) is 12.1. The van der Waals surface area contributed by atoms with E-state index in [0.717, 1.165) is 21.5 Å². The summed E-state index contributed by atoms with van der Waals surface area (Å²) >= 11 is 3.48. The quantitative estimate of drug-likeness (QED) is 0.913. The van der Waals surface area contributed by atoms with Gasteiger partial charge in [-0.1, -0.05) is 22.0 Å². The number of aromatic nitrogens is 2. The predicted molar refractivity (Wildman–Crippen MR) is 70.1 cm³/mol. The summed E-state index contributed by atoms with van der Waals surface area (Å²) in [6, 6.07) is 7.55. The van der Waals surface area contributed by atoms with Crippen LogP contribution in [0.1, 0.15) is 24.2 Å². The molecule has 17 heavy (non-hydrogen) atoms. The molecule has 0 fully saturated rings. The summed E-state index contributed by atoms with van der Waals surface area (Å²) in [4.78, 5) is 0. The molecular formula is C12H14BrN3O. The monoisotopic (exact) mass is 295 g/mol. The number of H-pyrrole nitrogens is 1. The molecule has 0 spiro atoms. The molecule has 0 bridgehead atoms. The van der Waals surface area contributed by atoms with Crippen molar-refractivity contribution < 1.29 is 4.74 Å². The van der Waals surface area contributed by atoms with Crippen molar-refractivity contribution in [1.82, 2.24) is 10.2 Å². The lowest BCUT2D eigenvalue weighted by molar-refractivity contribution is 0.461. The van der Waals surface area contributed by atoms with E-state index in [2.05, 4.69) is 26.1 Å². The van der Waals surface area contributed by atoms with Gasteiger partial charge in [-0.25, -0.2) is 0 Å². The van der Waals surface area contributed by atoms with E-state index in [1.165, 1.54) is 0 Å².